The molecule has 11 nitrogen and oxygen atoms in total. The van der Waals surface area contributed by atoms with Gasteiger partial charge in [0.15, 0.2) is 0 Å². The molecule has 0 radical (unpaired) electrons. The third-order valence-corrected chi connectivity index (χ3v) is 2.43. The van der Waals surface area contributed by atoms with Gasteiger partial charge in [-0.05, 0) is 6.07 Å². The number of nitrogens with one attached hydrogen (secondary N) is 5. The van der Waals surface area contributed by atoms with Gasteiger partial charge in [-0.15, -0.1) is 11.6 Å². The molecule has 7 N–H and O–H groups in total. The number of hydrogen-bond acceptors (Lipinski definition) is 6. The molecule has 12 heteroatoms. The number of aromatic amines is 5. The van der Waals surface area contributed by atoms with Gasteiger partial charge in [-0.25, -0.2) is 9.59 Å². The number of anilines is 1. The minimum atomic E-state index is -0.583. The third-order valence-electron chi connectivity index (χ3n) is 2.30. The van der Waals surface area contributed by atoms with Gasteiger partial charge in [0.25, 0.3) is 11.1 Å². The highest BCUT2D eigenvalue weighted by Gasteiger charge is 1.98. The molecule has 0 aliphatic carbocycles. The lowest BCUT2D eigenvalue weighted by molar-refractivity contribution is -0.105. The first kappa shape index (κ1) is 18.7. The van der Waals surface area contributed by atoms with Gasteiger partial charge in [-0.2, -0.15) is 0 Å². The molecule has 0 aliphatic rings. The van der Waals surface area contributed by atoms with E-state index in [2.05, 4.69) is 19.9 Å². The first-order valence-corrected chi connectivity index (χ1v) is 6.79. The van der Waals surface area contributed by atoms with Crippen molar-refractivity contribution in [2.75, 3.05) is 11.6 Å². The number of nitrogens with two attached hydrogens (primary N) is 1. The number of fused-ring (bicyclic) bond motifs is 1. The molecule has 3 heterocycles. The summed E-state index contributed by atoms with van der Waals surface area (Å²) in [5.74, 6) is 0.184. The first-order chi connectivity index (χ1) is 11.4. The van der Waals surface area contributed by atoms with Crippen molar-refractivity contribution in [3.63, 3.8) is 0 Å². The molecular formula is C12H13ClN6O5. The predicted octanol–water partition coefficient (Wildman–Crippen LogP) is -1.39. The van der Waals surface area contributed by atoms with Gasteiger partial charge >= 0.3 is 11.4 Å². The van der Waals surface area contributed by atoms with E-state index in [-0.39, 0.29) is 17.3 Å². The van der Waals surface area contributed by atoms with Crippen molar-refractivity contribution in [3.05, 3.63) is 60.0 Å². The van der Waals surface area contributed by atoms with Crippen molar-refractivity contribution in [2.45, 2.75) is 0 Å². The lowest BCUT2D eigenvalue weighted by Gasteiger charge is -1.85. The van der Waals surface area contributed by atoms with Gasteiger partial charge in [-0.3, -0.25) is 29.5 Å². The van der Waals surface area contributed by atoms with E-state index >= 15 is 0 Å². The molecule has 3 rings (SSSR count). The van der Waals surface area contributed by atoms with Crippen molar-refractivity contribution in [1.82, 2.24) is 24.9 Å². The van der Waals surface area contributed by atoms with E-state index in [1.807, 2.05) is 4.98 Å². The number of carbonyl (C=O) groups is 1. The van der Waals surface area contributed by atoms with Crippen molar-refractivity contribution < 1.29 is 4.79 Å². The molecule has 0 unspecified atom stereocenters. The van der Waals surface area contributed by atoms with E-state index in [9.17, 15) is 19.2 Å². The standard InChI is InChI=1S/C6H5N3O2.C4H5N3O2.C2H3ClO/c10-5-3-1-2-7-4(3)8-6(11)9-5;5-2-1-3(8)7-4(9)6-2;3-1-2-4/h1-2H,(H3,7,8,9,10,11);1H,(H4,5,6,7,8,9);2H,1H2. The zero-order valence-corrected chi connectivity index (χ0v) is 12.8. The van der Waals surface area contributed by atoms with Crippen LogP contribution in [0.1, 0.15) is 0 Å². The maximum atomic E-state index is 11.0. The van der Waals surface area contributed by atoms with E-state index in [1.54, 1.807) is 12.3 Å². The summed E-state index contributed by atoms with van der Waals surface area (Å²) < 4.78 is 0. The third kappa shape index (κ3) is 5.81. The Morgan fingerprint density at radius 3 is 2.21 bits per heavy atom. The van der Waals surface area contributed by atoms with E-state index in [0.717, 1.165) is 6.07 Å². The van der Waals surface area contributed by atoms with Crippen LogP contribution < -0.4 is 28.2 Å². The summed E-state index contributed by atoms with van der Waals surface area (Å²) in [6.07, 6.45) is 2.23. The highest BCUT2D eigenvalue weighted by molar-refractivity contribution is 6.24. The number of rotatable bonds is 1. The lowest BCUT2D eigenvalue weighted by Crippen LogP contribution is -2.22. The molecule has 3 aromatic heterocycles. The molecule has 128 valence electrons. The summed E-state index contributed by atoms with van der Waals surface area (Å²) in [4.78, 5) is 62.8. The van der Waals surface area contributed by atoms with E-state index in [0.29, 0.717) is 17.3 Å². The molecule has 0 atom stereocenters. The van der Waals surface area contributed by atoms with Crippen LogP contribution in [0.25, 0.3) is 11.0 Å². The number of H-pyrrole nitrogens is 5. The van der Waals surface area contributed by atoms with Crippen LogP contribution in [0.2, 0.25) is 0 Å². The summed E-state index contributed by atoms with van der Waals surface area (Å²) in [6, 6.07) is 2.70. The molecule has 0 saturated heterocycles. The summed E-state index contributed by atoms with van der Waals surface area (Å²) >= 11 is 4.82. The highest BCUT2D eigenvalue weighted by atomic mass is 35.5. The highest BCUT2D eigenvalue weighted by Crippen LogP contribution is 1.97. The van der Waals surface area contributed by atoms with Crippen LogP contribution in [0, 0.1) is 0 Å². The summed E-state index contributed by atoms with van der Waals surface area (Å²) in [6.45, 7) is 0. The first-order valence-electron chi connectivity index (χ1n) is 6.25. The fourth-order valence-corrected chi connectivity index (χ4v) is 1.46. The van der Waals surface area contributed by atoms with Crippen LogP contribution in [0.3, 0.4) is 0 Å². The zero-order chi connectivity index (χ0) is 18.1. The average molecular weight is 357 g/mol. The molecule has 24 heavy (non-hydrogen) atoms. The molecule has 0 aliphatic heterocycles. The number of aldehydes is 1. The number of aromatic nitrogens is 5. The number of nitrogen functional groups attached to an aromatic ring is 1. The molecule has 0 spiro atoms. The van der Waals surface area contributed by atoms with Gasteiger partial charge in [0, 0.05) is 12.3 Å². The van der Waals surface area contributed by atoms with E-state index < -0.39 is 16.9 Å². The summed E-state index contributed by atoms with van der Waals surface area (Å²) in [7, 11) is 0. The largest absolute Gasteiger partial charge is 0.385 e. The van der Waals surface area contributed by atoms with Gasteiger partial charge in [0.05, 0.1) is 11.3 Å². The van der Waals surface area contributed by atoms with Crippen LogP contribution in [0.4, 0.5) is 5.82 Å². The van der Waals surface area contributed by atoms with Crippen LogP contribution in [-0.2, 0) is 4.79 Å². The predicted molar refractivity (Wildman–Crippen MR) is 88.4 cm³/mol. The van der Waals surface area contributed by atoms with Gasteiger partial charge in [-0.1, -0.05) is 0 Å². The van der Waals surface area contributed by atoms with E-state index in [1.165, 1.54) is 0 Å². The van der Waals surface area contributed by atoms with Crippen molar-refractivity contribution in [2.24, 2.45) is 0 Å². The van der Waals surface area contributed by atoms with Gasteiger partial charge in [0.2, 0.25) is 0 Å². The Hall–Kier alpha value is -3.34. The Morgan fingerprint density at radius 2 is 1.67 bits per heavy atom. The fourth-order valence-electron chi connectivity index (χ4n) is 1.46. The fraction of sp³-hybridized carbons (Fsp3) is 0.0833. The molecule has 0 fully saturated rings. The second-order valence-corrected chi connectivity index (χ2v) is 4.35. The molecule has 0 bridgehead atoms. The van der Waals surface area contributed by atoms with Crippen LogP contribution >= 0.6 is 11.6 Å². The van der Waals surface area contributed by atoms with Crippen molar-refractivity contribution >= 4 is 34.7 Å². The van der Waals surface area contributed by atoms with Crippen LogP contribution in [-0.4, -0.2) is 37.1 Å². The number of alkyl halides is 1. The van der Waals surface area contributed by atoms with Gasteiger partial charge < -0.3 is 15.5 Å². The number of carbonyl (C=O) groups excluding carboxylic acids is 1. The Labute approximate surface area is 136 Å². The Balaban J connectivity index is 0.000000201. The normalized spacial score (nSPS) is 9.38. The molecule has 0 aromatic carbocycles. The molecular weight excluding hydrogens is 344 g/mol. The monoisotopic (exact) mass is 356 g/mol. The number of halogens is 1. The SMILES string of the molecule is Nc1cc(=O)[nH]c(=O)[nH]1.O=CCCl.O=c1[nH]c(=O)c2cc[nH]c2[nH]1. The smallest absolute Gasteiger partial charge is 0.327 e. The minimum Gasteiger partial charge on any atom is -0.385 e. The second-order valence-electron chi connectivity index (χ2n) is 4.04. The minimum absolute atomic E-state index is 0.0729. The number of hydrogen-bond donors (Lipinski definition) is 6. The van der Waals surface area contributed by atoms with Crippen LogP contribution in [0.15, 0.2) is 37.5 Å². The summed E-state index contributed by atoms with van der Waals surface area (Å²) in [5.41, 5.74) is 3.60. The molecule has 0 amide bonds. The lowest BCUT2D eigenvalue weighted by atomic mass is 10.4. The quantitative estimate of drug-likeness (QED) is 0.230. The van der Waals surface area contributed by atoms with Gasteiger partial charge in [0.1, 0.15) is 17.8 Å². The van der Waals surface area contributed by atoms with E-state index in [4.69, 9.17) is 22.1 Å². The topological polar surface area (TPSA) is 190 Å². The Kier molecular flexibility index (Phi) is 6.97. The summed E-state index contributed by atoms with van der Waals surface area (Å²) in [5, 5.41) is 0.463. The maximum Gasteiger partial charge on any atom is 0.327 e. The zero-order valence-electron chi connectivity index (χ0n) is 12.0. The van der Waals surface area contributed by atoms with Crippen LogP contribution in [0.5, 0.6) is 0 Å². The second kappa shape index (κ2) is 8.95. The molecule has 0 saturated carbocycles. The van der Waals surface area contributed by atoms with Crippen molar-refractivity contribution in [1.29, 1.82) is 0 Å². The maximum absolute atomic E-state index is 11.0. The van der Waals surface area contributed by atoms with Crippen molar-refractivity contribution in [3.8, 4) is 0 Å². The average Bonchev–Trinajstić information content (AvgIpc) is 2.95. The Bertz CT molecular complexity index is 998. The molecule has 3 aromatic rings. The Morgan fingerprint density at radius 1 is 1.04 bits per heavy atom.